The van der Waals surface area contributed by atoms with E-state index in [0.717, 1.165) is 24.4 Å². The quantitative estimate of drug-likeness (QED) is 0.197. The fourth-order valence-electron chi connectivity index (χ4n) is 2.13. The van der Waals surface area contributed by atoms with Gasteiger partial charge in [-0.05, 0) is 25.5 Å². The summed E-state index contributed by atoms with van der Waals surface area (Å²) >= 11 is 1.35. The first kappa shape index (κ1) is 23.4. The van der Waals surface area contributed by atoms with Crippen LogP contribution in [0.25, 0.3) is 0 Å². The SMILES string of the molecule is CN=C(NCCCOCc1ccco1)NCCNC(=O)c1scnc1C.I. The Labute approximate surface area is 180 Å². The molecule has 2 rings (SSSR count). The van der Waals surface area contributed by atoms with Crippen molar-refractivity contribution in [2.75, 3.05) is 33.3 Å². The summed E-state index contributed by atoms with van der Waals surface area (Å²) in [6, 6.07) is 3.73. The van der Waals surface area contributed by atoms with Crippen molar-refractivity contribution in [3.63, 3.8) is 0 Å². The van der Waals surface area contributed by atoms with Crippen LogP contribution >= 0.6 is 35.3 Å². The maximum atomic E-state index is 12.0. The van der Waals surface area contributed by atoms with Crippen molar-refractivity contribution >= 4 is 47.2 Å². The number of carbonyl (C=O) groups excluding carboxylic acids is 1. The van der Waals surface area contributed by atoms with Gasteiger partial charge in [0, 0.05) is 33.3 Å². The molecule has 0 aliphatic heterocycles. The van der Waals surface area contributed by atoms with Crippen LogP contribution in [0.1, 0.15) is 27.5 Å². The van der Waals surface area contributed by atoms with Gasteiger partial charge in [0.1, 0.15) is 17.2 Å². The zero-order valence-electron chi connectivity index (χ0n) is 15.5. The van der Waals surface area contributed by atoms with E-state index in [1.54, 1.807) is 18.8 Å². The molecule has 0 spiro atoms. The highest BCUT2D eigenvalue weighted by molar-refractivity contribution is 14.0. The largest absolute Gasteiger partial charge is 0.467 e. The number of hydrogen-bond acceptors (Lipinski definition) is 6. The number of aryl methyl sites for hydroxylation is 1. The Morgan fingerprint density at radius 3 is 2.74 bits per heavy atom. The summed E-state index contributed by atoms with van der Waals surface area (Å²) in [5.74, 6) is 1.42. The van der Waals surface area contributed by atoms with Crippen LogP contribution in [0.15, 0.2) is 33.3 Å². The predicted molar refractivity (Wildman–Crippen MR) is 117 cm³/mol. The number of rotatable bonds is 10. The minimum atomic E-state index is -0.0940. The molecule has 2 heterocycles. The molecule has 0 atom stereocenters. The van der Waals surface area contributed by atoms with Crippen LogP contribution in [-0.4, -0.2) is 50.1 Å². The fourth-order valence-corrected chi connectivity index (χ4v) is 2.84. The average molecular weight is 507 g/mol. The summed E-state index contributed by atoms with van der Waals surface area (Å²) in [6.07, 6.45) is 2.49. The van der Waals surface area contributed by atoms with Gasteiger partial charge >= 0.3 is 0 Å². The van der Waals surface area contributed by atoms with Crippen LogP contribution in [0.3, 0.4) is 0 Å². The molecule has 8 nitrogen and oxygen atoms in total. The van der Waals surface area contributed by atoms with E-state index in [9.17, 15) is 4.79 Å². The van der Waals surface area contributed by atoms with Gasteiger partial charge in [0.05, 0.1) is 17.5 Å². The maximum absolute atomic E-state index is 12.0. The first-order chi connectivity index (χ1) is 12.7. The fraction of sp³-hybridized carbons (Fsp3) is 0.471. The van der Waals surface area contributed by atoms with E-state index in [2.05, 4.69) is 25.9 Å². The summed E-state index contributed by atoms with van der Waals surface area (Å²) in [4.78, 5) is 20.8. The minimum absolute atomic E-state index is 0. The molecular formula is C17H26IN5O3S. The number of nitrogens with one attached hydrogen (secondary N) is 3. The highest BCUT2D eigenvalue weighted by Crippen LogP contribution is 2.11. The lowest BCUT2D eigenvalue weighted by atomic mass is 10.4. The number of carbonyl (C=O) groups is 1. The van der Waals surface area contributed by atoms with Crippen LogP contribution < -0.4 is 16.0 Å². The molecule has 0 unspecified atom stereocenters. The topological polar surface area (TPSA) is 101 Å². The van der Waals surface area contributed by atoms with Crippen LogP contribution in [0.4, 0.5) is 0 Å². The number of amides is 1. The number of halogens is 1. The molecule has 2 aromatic heterocycles. The number of thiazole rings is 1. The maximum Gasteiger partial charge on any atom is 0.263 e. The molecule has 3 N–H and O–H groups in total. The summed E-state index contributed by atoms with van der Waals surface area (Å²) in [6.45, 7) is 4.77. The normalized spacial score (nSPS) is 11.0. The molecule has 0 aliphatic rings. The van der Waals surface area contributed by atoms with Gasteiger partial charge in [-0.15, -0.1) is 35.3 Å². The van der Waals surface area contributed by atoms with Gasteiger partial charge in [0.2, 0.25) is 0 Å². The summed E-state index contributed by atoms with van der Waals surface area (Å²) in [7, 11) is 1.71. The Morgan fingerprint density at radius 1 is 1.30 bits per heavy atom. The van der Waals surface area contributed by atoms with E-state index in [1.165, 1.54) is 11.3 Å². The molecule has 2 aromatic rings. The lowest BCUT2D eigenvalue weighted by Crippen LogP contribution is -2.42. The lowest BCUT2D eigenvalue weighted by Gasteiger charge is -2.12. The predicted octanol–water partition coefficient (Wildman–Crippen LogP) is 2.16. The molecule has 27 heavy (non-hydrogen) atoms. The Bertz CT molecular complexity index is 691. The molecule has 0 saturated heterocycles. The summed E-state index contributed by atoms with van der Waals surface area (Å²) in [5.41, 5.74) is 2.43. The van der Waals surface area contributed by atoms with Crippen molar-refractivity contribution in [1.82, 2.24) is 20.9 Å². The second kappa shape index (κ2) is 13.5. The second-order valence-electron chi connectivity index (χ2n) is 5.43. The lowest BCUT2D eigenvalue weighted by molar-refractivity contribution is 0.0957. The highest BCUT2D eigenvalue weighted by atomic mass is 127. The van der Waals surface area contributed by atoms with Gasteiger partial charge in [-0.25, -0.2) is 4.98 Å². The number of hydrogen-bond donors (Lipinski definition) is 3. The van der Waals surface area contributed by atoms with Gasteiger partial charge in [-0.3, -0.25) is 9.79 Å². The number of guanidine groups is 1. The van der Waals surface area contributed by atoms with E-state index < -0.39 is 0 Å². The zero-order valence-corrected chi connectivity index (χ0v) is 18.6. The van der Waals surface area contributed by atoms with Crippen LogP contribution in [0.5, 0.6) is 0 Å². The standard InChI is InChI=1S/C17H25N5O3S.HI/c1-13-15(26-12-22-13)16(23)19-7-8-21-17(18-2)20-6-4-9-24-11-14-5-3-10-25-14;/h3,5,10,12H,4,6-9,11H2,1-2H3,(H,19,23)(H2,18,20,21);1H. The molecule has 0 aromatic carbocycles. The molecule has 1 amide bonds. The molecule has 10 heteroatoms. The third-order valence-corrected chi connectivity index (χ3v) is 4.39. The van der Waals surface area contributed by atoms with Gasteiger partial charge in [-0.1, -0.05) is 0 Å². The Hall–Kier alpha value is -1.66. The van der Waals surface area contributed by atoms with E-state index in [0.29, 0.717) is 37.1 Å². The van der Waals surface area contributed by atoms with E-state index in [4.69, 9.17) is 9.15 Å². The molecule has 0 bridgehead atoms. The van der Waals surface area contributed by atoms with Crippen LogP contribution in [-0.2, 0) is 11.3 Å². The zero-order chi connectivity index (χ0) is 18.6. The van der Waals surface area contributed by atoms with Crippen molar-refractivity contribution in [3.05, 3.63) is 40.2 Å². The van der Waals surface area contributed by atoms with Crippen LogP contribution in [0, 0.1) is 6.92 Å². The molecule has 0 fully saturated rings. The van der Waals surface area contributed by atoms with Gasteiger partial charge in [-0.2, -0.15) is 0 Å². The van der Waals surface area contributed by atoms with Crippen LogP contribution in [0.2, 0.25) is 0 Å². The first-order valence-electron chi connectivity index (χ1n) is 8.43. The van der Waals surface area contributed by atoms with E-state index >= 15 is 0 Å². The average Bonchev–Trinajstić information content (AvgIpc) is 3.31. The molecule has 150 valence electrons. The number of aliphatic imine (C=N–C) groups is 1. The first-order valence-corrected chi connectivity index (χ1v) is 9.31. The highest BCUT2D eigenvalue weighted by Gasteiger charge is 2.10. The minimum Gasteiger partial charge on any atom is -0.467 e. The monoisotopic (exact) mass is 507 g/mol. The summed E-state index contributed by atoms with van der Waals surface area (Å²) in [5, 5.41) is 9.22. The Balaban J connectivity index is 0.00000364. The Kier molecular flexibility index (Phi) is 11.7. The second-order valence-corrected chi connectivity index (χ2v) is 6.29. The van der Waals surface area contributed by atoms with E-state index in [-0.39, 0.29) is 29.9 Å². The van der Waals surface area contributed by atoms with Crippen molar-refractivity contribution in [2.24, 2.45) is 4.99 Å². The molecule has 0 saturated carbocycles. The Morgan fingerprint density at radius 2 is 2.07 bits per heavy atom. The van der Waals surface area contributed by atoms with Crippen molar-refractivity contribution in [2.45, 2.75) is 20.0 Å². The van der Waals surface area contributed by atoms with Crippen molar-refractivity contribution in [3.8, 4) is 0 Å². The number of nitrogens with zero attached hydrogens (tertiary/aromatic N) is 2. The van der Waals surface area contributed by atoms with Gasteiger partial charge < -0.3 is 25.1 Å². The number of furan rings is 1. The molecular weight excluding hydrogens is 481 g/mol. The van der Waals surface area contributed by atoms with E-state index in [1.807, 2.05) is 19.1 Å². The third kappa shape index (κ3) is 8.71. The van der Waals surface area contributed by atoms with Crippen molar-refractivity contribution in [1.29, 1.82) is 0 Å². The molecule has 0 aliphatic carbocycles. The number of ether oxygens (including phenoxy) is 1. The van der Waals surface area contributed by atoms with Gasteiger partial charge in [0.15, 0.2) is 5.96 Å². The summed E-state index contributed by atoms with van der Waals surface area (Å²) < 4.78 is 10.7. The van der Waals surface area contributed by atoms with Crippen molar-refractivity contribution < 1.29 is 13.9 Å². The van der Waals surface area contributed by atoms with Gasteiger partial charge in [0.25, 0.3) is 5.91 Å². The smallest absolute Gasteiger partial charge is 0.263 e. The third-order valence-electron chi connectivity index (χ3n) is 3.46. The molecule has 0 radical (unpaired) electrons. The number of aromatic nitrogens is 1.